The summed E-state index contributed by atoms with van der Waals surface area (Å²) >= 11 is 0. The fraction of sp³-hybridized carbons (Fsp3) is 0.875. The minimum Gasteiger partial charge on any atom is -0.466 e. The molecule has 0 amide bonds. The predicted molar refractivity (Wildman–Crippen MR) is 43.7 cm³/mol. The first kappa shape index (κ1) is 9.48. The molecule has 0 aromatic rings. The van der Waals surface area contributed by atoms with E-state index in [4.69, 9.17) is 4.74 Å². The van der Waals surface area contributed by atoms with Gasteiger partial charge in [0.15, 0.2) is 0 Å². The average Bonchev–Trinajstić information content (AvgIpc) is 2.36. The van der Waals surface area contributed by atoms with E-state index in [9.17, 15) is 9.90 Å². The Morgan fingerprint density at radius 2 is 2.50 bits per heavy atom. The van der Waals surface area contributed by atoms with Crippen molar-refractivity contribution in [1.82, 2.24) is 5.32 Å². The van der Waals surface area contributed by atoms with Crippen molar-refractivity contribution in [3.63, 3.8) is 0 Å². The maximum Gasteiger partial charge on any atom is 0.308 e. The summed E-state index contributed by atoms with van der Waals surface area (Å²) in [4.78, 5) is 11.0. The molecule has 4 nitrogen and oxygen atoms in total. The van der Waals surface area contributed by atoms with E-state index in [1.165, 1.54) is 0 Å². The minimum absolute atomic E-state index is 0.105. The first-order chi connectivity index (χ1) is 5.66. The molecule has 0 aromatic heterocycles. The molecule has 1 saturated heterocycles. The topological polar surface area (TPSA) is 58.6 Å². The zero-order valence-corrected chi connectivity index (χ0v) is 7.30. The molecule has 0 spiro atoms. The standard InChI is InChI=1S/C8H15NO3/c1-2-12-7(10)5-8(11)3-4-9-6-8/h9,11H,2-6H2,1H3. The Balaban J connectivity index is 2.33. The molecule has 12 heavy (non-hydrogen) atoms. The van der Waals surface area contributed by atoms with Gasteiger partial charge in [-0.2, -0.15) is 0 Å². The number of carbonyl (C=O) groups is 1. The molecular weight excluding hydrogens is 158 g/mol. The summed E-state index contributed by atoms with van der Waals surface area (Å²) in [6, 6.07) is 0. The second-order valence-electron chi connectivity index (χ2n) is 3.13. The number of esters is 1. The van der Waals surface area contributed by atoms with Gasteiger partial charge in [0.2, 0.25) is 0 Å². The van der Waals surface area contributed by atoms with E-state index >= 15 is 0 Å². The number of β-amino-alcohol motifs (C(OH)–C–C–N with tert-alkyl or cyclic N) is 1. The Morgan fingerprint density at radius 3 is 3.00 bits per heavy atom. The fourth-order valence-electron chi connectivity index (χ4n) is 1.36. The summed E-state index contributed by atoms with van der Waals surface area (Å²) in [5, 5.41) is 12.7. The van der Waals surface area contributed by atoms with Gasteiger partial charge in [0.25, 0.3) is 0 Å². The van der Waals surface area contributed by atoms with Crippen LogP contribution >= 0.6 is 0 Å². The van der Waals surface area contributed by atoms with Crippen LogP contribution < -0.4 is 5.32 Å². The van der Waals surface area contributed by atoms with Gasteiger partial charge in [0, 0.05) is 6.54 Å². The van der Waals surface area contributed by atoms with Gasteiger partial charge in [0.1, 0.15) is 0 Å². The molecule has 1 atom stereocenters. The van der Waals surface area contributed by atoms with E-state index in [2.05, 4.69) is 5.32 Å². The van der Waals surface area contributed by atoms with Gasteiger partial charge >= 0.3 is 5.97 Å². The van der Waals surface area contributed by atoms with Crippen LogP contribution in [0.4, 0.5) is 0 Å². The Morgan fingerprint density at radius 1 is 1.75 bits per heavy atom. The second-order valence-corrected chi connectivity index (χ2v) is 3.13. The zero-order chi connectivity index (χ0) is 9.03. The lowest BCUT2D eigenvalue weighted by molar-refractivity contribution is -0.148. The smallest absolute Gasteiger partial charge is 0.308 e. The monoisotopic (exact) mass is 173 g/mol. The number of rotatable bonds is 3. The van der Waals surface area contributed by atoms with Crippen LogP contribution in [0.5, 0.6) is 0 Å². The van der Waals surface area contributed by atoms with Crippen molar-refractivity contribution < 1.29 is 14.6 Å². The van der Waals surface area contributed by atoms with Crippen LogP contribution in [0.25, 0.3) is 0 Å². The molecule has 0 aromatic carbocycles. The first-order valence-corrected chi connectivity index (χ1v) is 4.25. The van der Waals surface area contributed by atoms with Gasteiger partial charge in [-0.1, -0.05) is 0 Å². The second kappa shape index (κ2) is 3.87. The third-order valence-corrected chi connectivity index (χ3v) is 2.00. The Kier molecular flexibility index (Phi) is 3.05. The van der Waals surface area contributed by atoms with Crippen molar-refractivity contribution >= 4 is 5.97 Å². The lowest BCUT2D eigenvalue weighted by Crippen LogP contribution is -2.34. The van der Waals surface area contributed by atoms with E-state index < -0.39 is 5.60 Å². The van der Waals surface area contributed by atoms with E-state index in [1.54, 1.807) is 6.92 Å². The summed E-state index contributed by atoms with van der Waals surface area (Å²) in [6.07, 6.45) is 0.736. The van der Waals surface area contributed by atoms with E-state index in [1.807, 2.05) is 0 Å². The first-order valence-electron chi connectivity index (χ1n) is 4.25. The van der Waals surface area contributed by atoms with Crippen molar-refractivity contribution in [3.8, 4) is 0 Å². The lowest BCUT2D eigenvalue weighted by atomic mass is 9.99. The summed E-state index contributed by atoms with van der Waals surface area (Å²) in [5.41, 5.74) is -0.869. The van der Waals surface area contributed by atoms with Crippen LogP contribution in [-0.2, 0) is 9.53 Å². The highest BCUT2D eigenvalue weighted by molar-refractivity contribution is 5.70. The molecule has 1 fully saturated rings. The van der Waals surface area contributed by atoms with Crippen molar-refractivity contribution in [2.75, 3.05) is 19.7 Å². The van der Waals surface area contributed by atoms with Crippen LogP contribution in [-0.4, -0.2) is 36.4 Å². The normalized spacial score (nSPS) is 28.8. The van der Waals surface area contributed by atoms with Gasteiger partial charge in [-0.05, 0) is 19.9 Å². The Hall–Kier alpha value is -0.610. The van der Waals surface area contributed by atoms with Gasteiger partial charge in [-0.3, -0.25) is 4.79 Å². The minimum atomic E-state index is -0.869. The number of hydrogen-bond acceptors (Lipinski definition) is 4. The van der Waals surface area contributed by atoms with Gasteiger partial charge in [0.05, 0.1) is 18.6 Å². The van der Waals surface area contributed by atoms with Crippen molar-refractivity contribution in [3.05, 3.63) is 0 Å². The Bertz CT molecular complexity index is 164. The maximum atomic E-state index is 11.0. The molecule has 1 unspecified atom stereocenters. The van der Waals surface area contributed by atoms with Crippen LogP contribution in [0.15, 0.2) is 0 Å². The van der Waals surface area contributed by atoms with E-state index in [0.717, 1.165) is 6.54 Å². The fourth-order valence-corrected chi connectivity index (χ4v) is 1.36. The summed E-state index contributed by atoms with van der Waals surface area (Å²) < 4.78 is 4.74. The highest BCUT2D eigenvalue weighted by Crippen LogP contribution is 2.18. The van der Waals surface area contributed by atoms with Crippen molar-refractivity contribution in [2.45, 2.75) is 25.4 Å². The van der Waals surface area contributed by atoms with Gasteiger partial charge in [-0.15, -0.1) is 0 Å². The van der Waals surface area contributed by atoms with Gasteiger partial charge < -0.3 is 15.2 Å². The molecule has 1 rings (SSSR count). The molecule has 0 saturated carbocycles. The van der Waals surface area contributed by atoms with Gasteiger partial charge in [-0.25, -0.2) is 0 Å². The Labute approximate surface area is 71.9 Å². The largest absolute Gasteiger partial charge is 0.466 e. The highest BCUT2D eigenvalue weighted by atomic mass is 16.5. The molecule has 4 heteroatoms. The zero-order valence-electron chi connectivity index (χ0n) is 7.30. The number of carbonyl (C=O) groups excluding carboxylic acids is 1. The van der Waals surface area contributed by atoms with Crippen LogP contribution in [0.1, 0.15) is 19.8 Å². The molecular formula is C8H15NO3. The third kappa shape index (κ3) is 2.46. The predicted octanol–water partition coefficient (Wildman–Crippen LogP) is -0.336. The lowest BCUT2D eigenvalue weighted by Gasteiger charge is -2.19. The maximum absolute atomic E-state index is 11.0. The summed E-state index contributed by atoms with van der Waals surface area (Å²) in [5.74, 6) is -0.316. The van der Waals surface area contributed by atoms with Crippen molar-refractivity contribution in [1.29, 1.82) is 0 Å². The molecule has 1 heterocycles. The summed E-state index contributed by atoms with van der Waals surface area (Å²) in [7, 11) is 0. The summed E-state index contributed by atoms with van der Waals surface area (Å²) in [6.45, 7) is 3.40. The molecule has 0 bridgehead atoms. The molecule has 1 aliphatic rings. The van der Waals surface area contributed by atoms with Crippen molar-refractivity contribution in [2.24, 2.45) is 0 Å². The molecule has 2 N–H and O–H groups in total. The average molecular weight is 173 g/mol. The third-order valence-electron chi connectivity index (χ3n) is 2.00. The van der Waals surface area contributed by atoms with Crippen LogP contribution in [0.3, 0.4) is 0 Å². The number of nitrogens with one attached hydrogen (secondary N) is 1. The number of hydrogen-bond donors (Lipinski definition) is 2. The molecule has 0 aliphatic carbocycles. The quantitative estimate of drug-likeness (QED) is 0.573. The van der Waals surface area contributed by atoms with Crippen LogP contribution in [0, 0.1) is 0 Å². The highest BCUT2D eigenvalue weighted by Gasteiger charge is 2.33. The number of ether oxygens (including phenoxy) is 1. The molecule has 1 aliphatic heterocycles. The SMILES string of the molecule is CCOC(=O)CC1(O)CCNC1. The van der Waals surface area contributed by atoms with Crippen LogP contribution in [0.2, 0.25) is 0 Å². The van der Waals surface area contributed by atoms with E-state index in [-0.39, 0.29) is 12.4 Å². The van der Waals surface area contributed by atoms with E-state index in [0.29, 0.717) is 19.6 Å². The number of aliphatic hydroxyl groups is 1. The molecule has 0 radical (unpaired) electrons. The molecule has 70 valence electrons.